The molecule has 0 aromatic heterocycles. The molecule has 3 aromatic rings. The number of ether oxygens (including phenoxy) is 2. The van der Waals surface area contributed by atoms with E-state index < -0.39 is 39.1 Å². The average molecular weight is 579 g/mol. The number of nitrogens with zero attached hydrogens (tertiary/aromatic N) is 3. The smallest absolute Gasteiger partial charge is 0.335 e. The second kappa shape index (κ2) is 11.7. The van der Waals surface area contributed by atoms with Crippen LogP contribution in [0, 0.1) is 20.2 Å². The zero-order valence-corrected chi connectivity index (χ0v) is 21.9. The Balaban J connectivity index is 1.78. The number of imide groups is 2. The van der Waals surface area contributed by atoms with Gasteiger partial charge in [-0.05, 0) is 60.5 Å². The number of barbiturate groups is 1. The number of nitro benzene ring substituents is 2. The van der Waals surface area contributed by atoms with Gasteiger partial charge in [-0.15, -0.1) is 6.58 Å². The number of hydrogen-bond donors (Lipinski definition) is 1. The maximum atomic E-state index is 13.2. The van der Waals surface area contributed by atoms with Gasteiger partial charge in [0.2, 0.25) is 5.75 Å². The van der Waals surface area contributed by atoms with Gasteiger partial charge in [0.15, 0.2) is 11.5 Å². The number of nitrogens with one attached hydrogen (secondary N) is 1. The number of rotatable bonds is 9. The first-order valence-corrected chi connectivity index (χ1v) is 12.0. The van der Waals surface area contributed by atoms with E-state index in [2.05, 4.69) is 11.9 Å². The van der Waals surface area contributed by atoms with Crippen LogP contribution >= 0.6 is 11.6 Å². The predicted molar refractivity (Wildman–Crippen MR) is 147 cm³/mol. The minimum atomic E-state index is -0.933. The molecule has 0 atom stereocenters. The van der Waals surface area contributed by atoms with Crippen molar-refractivity contribution in [1.29, 1.82) is 0 Å². The molecule has 13 nitrogen and oxygen atoms in total. The molecule has 1 fully saturated rings. The first-order chi connectivity index (χ1) is 19.5. The zero-order valence-electron chi connectivity index (χ0n) is 21.2. The standard InChI is InChI=1S/C27H19ClN4O9/c1-3-4-16-11-15(12-20-25(33)29-27(35)30(26(20)34)18-7-5-17(28)6-8-18)13-23(40-2)24(16)41-22-10-9-19(31(36)37)14-21(22)32(38)39/h3,5-14H,1,4H2,2H3,(H,29,33,35)/b20-12+. The molecular weight excluding hydrogens is 560 g/mol. The van der Waals surface area contributed by atoms with E-state index in [1.54, 1.807) is 0 Å². The van der Waals surface area contributed by atoms with Gasteiger partial charge in [-0.3, -0.25) is 35.1 Å². The van der Waals surface area contributed by atoms with Crippen LogP contribution in [0.5, 0.6) is 17.2 Å². The van der Waals surface area contributed by atoms with Crippen LogP contribution in [-0.2, 0) is 16.0 Å². The summed E-state index contributed by atoms with van der Waals surface area (Å²) in [7, 11) is 1.31. The van der Waals surface area contributed by atoms with Crippen molar-refractivity contribution in [2.75, 3.05) is 12.0 Å². The highest BCUT2D eigenvalue weighted by atomic mass is 35.5. The predicted octanol–water partition coefficient (Wildman–Crippen LogP) is 5.35. The number of hydrogen-bond acceptors (Lipinski definition) is 9. The number of halogens is 1. The van der Waals surface area contributed by atoms with E-state index in [1.165, 1.54) is 55.7 Å². The summed E-state index contributed by atoms with van der Waals surface area (Å²) in [5.41, 5.74) is -0.611. The number of methoxy groups -OCH3 is 1. The highest BCUT2D eigenvalue weighted by Gasteiger charge is 2.37. The van der Waals surface area contributed by atoms with E-state index in [0.29, 0.717) is 16.1 Å². The fourth-order valence-electron chi connectivity index (χ4n) is 3.95. The number of urea groups is 1. The highest BCUT2D eigenvalue weighted by Crippen LogP contribution is 2.41. The molecule has 0 aliphatic carbocycles. The molecule has 4 amide bonds. The lowest BCUT2D eigenvalue weighted by molar-refractivity contribution is -0.394. The first-order valence-electron chi connectivity index (χ1n) is 11.6. The second-order valence-corrected chi connectivity index (χ2v) is 8.84. The van der Waals surface area contributed by atoms with E-state index in [9.17, 15) is 34.6 Å². The Hall–Kier alpha value is -5.56. The molecule has 1 aliphatic rings. The van der Waals surface area contributed by atoms with Gasteiger partial charge >= 0.3 is 11.7 Å². The summed E-state index contributed by atoms with van der Waals surface area (Å²) in [4.78, 5) is 60.3. The maximum Gasteiger partial charge on any atom is 0.335 e. The van der Waals surface area contributed by atoms with Gasteiger partial charge in [0.1, 0.15) is 5.57 Å². The molecule has 0 saturated carbocycles. The van der Waals surface area contributed by atoms with E-state index in [4.69, 9.17) is 21.1 Å². The number of carbonyl (C=O) groups is 3. The Kier molecular flexibility index (Phi) is 8.10. The lowest BCUT2D eigenvalue weighted by atomic mass is 10.0. The molecule has 1 aliphatic heterocycles. The van der Waals surface area contributed by atoms with Gasteiger partial charge in [-0.1, -0.05) is 17.7 Å². The third-order valence-electron chi connectivity index (χ3n) is 5.80. The minimum absolute atomic E-state index is 0.0453. The lowest BCUT2D eigenvalue weighted by Crippen LogP contribution is -2.54. The Labute approximate surface area is 236 Å². The summed E-state index contributed by atoms with van der Waals surface area (Å²) in [6.45, 7) is 3.70. The molecule has 0 spiro atoms. The van der Waals surface area contributed by atoms with E-state index in [0.717, 1.165) is 23.1 Å². The summed E-state index contributed by atoms with van der Waals surface area (Å²) < 4.78 is 11.3. The van der Waals surface area contributed by atoms with E-state index >= 15 is 0 Å². The summed E-state index contributed by atoms with van der Waals surface area (Å²) in [5, 5.41) is 25.2. The number of carbonyl (C=O) groups excluding carboxylic acids is 3. The van der Waals surface area contributed by atoms with Gasteiger partial charge in [0, 0.05) is 16.7 Å². The third-order valence-corrected chi connectivity index (χ3v) is 6.05. The van der Waals surface area contributed by atoms with Crippen molar-refractivity contribution in [2.45, 2.75) is 6.42 Å². The molecular formula is C27H19ClN4O9. The molecule has 1 N–H and O–H groups in total. The zero-order chi connectivity index (χ0) is 29.8. The first kappa shape index (κ1) is 28.4. The normalized spacial score (nSPS) is 14.0. The number of nitro groups is 2. The molecule has 0 radical (unpaired) electrons. The summed E-state index contributed by atoms with van der Waals surface area (Å²) in [6.07, 6.45) is 2.93. The molecule has 1 saturated heterocycles. The Morgan fingerprint density at radius 2 is 1.71 bits per heavy atom. The van der Waals surface area contributed by atoms with Crippen molar-refractivity contribution >= 4 is 52.6 Å². The van der Waals surface area contributed by atoms with Gasteiger partial charge in [0.05, 0.1) is 28.7 Å². The highest BCUT2D eigenvalue weighted by molar-refractivity contribution is 6.39. The van der Waals surface area contributed by atoms with Crippen LogP contribution in [0.3, 0.4) is 0 Å². The fourth-order valence-corrected chi connectivity index (χ4v) is 4.07. The van der Waals surface area contributed by atoms with Crippen molar-refractivity contribution in [3.8, 4) is 17.2 Å². The summed E-state index contributed by atoms with van der Waals surface area (Å²) >= 11 is 5.90. The van der Waals surface area contributed by atoms with Crippen LogP contribution < -0.4 is 19.7 Å². The monoisotopic (exact) mass is 578 g/mol. The van der Waals surface area contributed by atoms with Crippen LogP contribution in [-0.4, -0.2) is 34.8 Å². The van der Waals surface area contributed by atoms with Crippen LogP contribution in [0.2, 0.25) is 5.02 Å². The number of anilines is 1. The fraction of sp³-hybridized carbons (Fsp3) is 0.0741. The van der Waals surface area contributed by atoms with Crippen molar-refractivity contribution in [1.82, 2.24) is 5.32 Å². The minimum Gasteiger partial charge on any atom is -0.493 e. The number of amides is 4. The molecule has 0 unspecified atom stereocenters. The third kappa shape index (κ3) is 5.89. The van der Waals surface area contributed by atoms with Gasteiger partial charge in [0.25, 0.3) is 17.5 Å². The Morgan fingerprint density at radius 3 is 2.32 bits per heavy atom. The number of allylic oxidation sites excluding steroid dienone is 1. The van der Waals surface area contributed by atoms with E-state index in [-0.39, 0.29) is 34.9 Å². The van der Waals surface area contributed by atoms with Crippen LogP contribution in [0.1, 0.15) is 11.1 Å². The molecule has 1 heterocycles. The summed E-state index contributed by atoms with van der Waals surface area (Å²) in [6, 6.07) is 10.8. The lowest BCUT2D eigenvalue weighted by Gasteiger charge is -2.26. The van der Waals surface area contributed by atoms with Gasteiger partial charge in [-0.25, -0.2) is 9.69 Å². The van der Waals surface area contributed by atoms with Crippen molar-refractivity contribution in [3.05, 3.63) is 109 Å². The van der Waals surface area contributed by atoms with Crippen molar-refractivity contribution < 1.29 is 33.7 Å². The molecule has 41 heavy (non-hydrogen) atoms. The Morgan fingerprint density at radius 1 is 1.00 bits per heavy atom. The van der Waals surface area contributed by atoms with Crippen LogP contribution in [0.4, 0.5) is 21.9 Å². The van der Waals surface area contributed by atoms with Gasteiger partial charge < -0.3 is 9.47 Å². The molecule has 14 heteroatoms. The topological polar surface area (TPSA) is 171 Å². The maximum absolute atomic E-state index is 13.2. The SMILES string of the molecule is C=CCc1cc(/C=C2\C(=O)NC(=O)N(c3ccc(Cl)cc3)C2=O)cc(OC)c1Oc1ccc([N+](=O)[O-])cc1[N+](=O)[O-]. The average Bonchev–Trinajstić information content (AvgIpc) is 2.93. The molecule has 4 rings (SSSR count). The van der Waals surface area contributed by atoms with Crippen molar-refractivity contribution in [3.63, 3.8) is 0 Å². The van der Waals surface area contributed by atoms with Crippen LogP contribution in [0.25, 0.3) is 6.08 Å². The molecule has 3 aromatic carbocycles. The van der Waals surface area contributed by atoms with Gasteiger partial charge in [-0.2, -0.15) is 0 Å². The Bertz CT molecular complexity index is 1650. The molecule has 208 valence electrons. The quantitative estimate of drug-likeness (QED) is 0.115. The number of non-ortho nitro benzene ring substituents is 1. The largest absolute Gasteiger partial charge is 0.493 e. The van der Waals surface area contributed by atoms with E-state index in [1.807, 2.05) is 0 Å². The van der Waals surface area contributed by atoms with Crippen LogP contribution in [0.15, 0.2) is 72.8 Å². The van der Waals surface area contributed by atoms with Crippen molar-refractivity contribution in [2.24, 2.45) is 0 Å². The molecule has 0 bridgehead atoms. The summed E-state index contributed by atoms with van der Waals surface area (Å²) in [5.74, 6) is -1.97. The number of benzene rings is 3. The second-order valence-electron chi connectivity index (χ2n) is 8.41.